The number of rotatable bonds is 7. The first-order valence-corrected chi connectivity index (χ1v) is 12.8. The largest absolute Gasteiger partial charge is 0.337 e. The fourth-order valence-electron chi connectivity index (χ4n) is 5.15. The molecule has 1 amide bonds. The Balaban J connectivity index is 1.27. The second kappa shape index (κ2) is 10.6. The van der Waals surface area contributed by atoms with Crippen LogP contribution in [0, 0.1) is 5.92 Å². The van der Waals surface area contributed by atoms with E-state index in [1.54, 1.807) is 34.0 Å². The van der Waals surface area contributed by atoms with Gasteiger partial charge >= 0.3 is 0 Å². The number of hydrogen-bond donors (Lipinski definition) is 1. The number of aromatic nitrogens is 5. The van der Waals surface area contributed by atoms with Crippen molar-refractivity contribution >= 4 is 28.6 Å². The summed E-state index contributed by atoms with van der Waals surface area (Å²) in [4.78, 5) is 37.8. The number of carbonyl (C=O) groups excluding carboxylic acids is 1. The van der Waals surface area contributed by atoms with E-state index in [1.165, 1.54) is 18.9 Å². The van der Waals surface area contributed by atoms with Gasteiger partial charge in [0, 0.05) is 63.1 Å². The van der Waals surface area contributed by atoms with Gasteiger partial charge in [-0.2, -0.15) is 10.1 Å². The third kappa shape index (κ3) is 5.33. The average molecular weight is 491 g/mol. The maximum atomic E-state index is 12.7. The van der Waals surface area contributed by atoms with Gasteiger partial charge in [-0.25, -0.2) is 4.98 Å². The summed E-state index contributed by atoms with van der Waals surface area (Å²) in [6.07, 6.45) is 11.7. The number of piperazine rings is 1. The average Bonchev–Trinajstić information content (AvgIpc) is 3.36. The van der Waals surface area contributed by atoms with Crippen molar-refractivity contribution in [3.05, 3.63) is 53.7 Å². The first-order valence-electron chi connectivity index (χ1n) is 12.8. The predicted molar refractivity (Wildman–Crippen MR) is 139 cm³/mol. The van der Waals surface area contributed by atoms with Gasteiger partial charge in [0.05, 0.1) is 17.9 Å². The van der Waals surface area contributed by atoms with Crippen molar-refractivity contribution in [2.45, 2.75) is 45.2 Å². The van der Waals surface area contributed by atoms with E-state index in [2.05, 4.69) is 33.8 Å². The van der Waals surface area contributed by atoms with Crippen LogP contribution in [-0.2, 0) is 11.3 Å². The molecule has 1 saturated heterocycles. The standard InChI is InChI=1S/C26H34N8O2/c1-3-23(35)32-13-10-31(11-14-32)12-15-33-24(36)9-6-20-16-27-26(30-25(20)33)29-21-17-28-34(18-21)22-7-4-19(2)5-8-22/h3,6,9,16-19,22H,1,4-5,7-8,10-15H2,2H3,(H,27,29,30). The molecule has 1 aliphatic carbocycles. The molecule has 2 fully saturated rings. The van der Waals surface area contributed by atoms with Gasteiger partial charge in [-0.05, 0) is 43.7 Å². The lowest BCUT2D eigenvalue weighted by Crippen LogP contribution is -2.49. The van der Waals surface area contributed by atoms with Crippen molar-refractivity contribution in [1.29, 1.82) is 0 Å². The Hall–Kier alpha value is -3.53. The Morgan fingerprint density at radius 3 is 2.64 bits per heavy atom. The third-order valence-corrected chi connectivity index (χ3v) is 7.44. The van der Waals surface area contributed by atoms with Gasteiger partial charge in [0.1, 0.15) is 5.65 Å². The lowest BCUT2D eigenvalue weighted by molar-refractivity contribution is -0.127. The van der Waals surface area contributed by atoms with Crippen LogP contribution in [0.2, 0.25) is 0 Å². The molecule has 1 N–H and O–H groups in total. The first kappa shape index (κ1) is 24.2. The van der Waals surface area contributed by atoms with E-state index in [9.17, 15) is 9.59 Å². The monoisotopic (exact) mass is 490 g/mol. The number of hydrogen-bond acceptors (Lipinski definition) is 7. The van der Waals surface area contributed by atoms with Crippen LogP contribution in [0.3, 0.4) is 0 Å². The van der Waals surface area contributed by atoms with Crippen LogP contribution in [-0.4, -0.2) is 72.7 Å². The zero-order chi connectivity index (χ0) is 25.1. The highest BCUT2D eigenvalue weighted by Crippen LogP contribution is 2.32. The molecule has 1 aliphatic heterocycles. The topological polar surface area (TPSA) is 101 Å². The minimum absolute atomic E-state index is 0.0319. The van der Waals surface area contributed by atoms with Gasteiger partial charge in [-0.3, -0.25) is 23.7 Å². The fourth-order valence-corrected chi connectivity index (χ4v) is 5.15. The molecule has 0 aromatic carbocycles. The molecule has 36 heavy (non-hydrogen) atoms. The molecule has 190 valence electrons. The lowest BCUT2D eigenvalue weighted by Gasteiger charge is -2.34. The number of nitrogens with one attached hydrogen (secondary N) is 1. The van der Waals surface area contributed by atoms with Gasteiger partial charge < -0.3 is 10.2 Å². The molecular weight excluding hydrogens is 456 g/mol. The molecule has 0 bridgehead atoms. The number of nitrogens with zero attached hydrogens (tertiary/aromatic N) is 7. The summed E-state index contributed by atoms with van der Waals surface area (Å²) in [6.45, 7) is 9.96. The van der Waals surface area contributed by atoms with Gasteiger partial charge in [-0.15, -0.1) is 0 Å². The highest BCUT2D eigenvalue weighted by molar-refractivity contribution is 5.87. The van der Waals surface area contributed by atoms with E-state index in [-0.39, 0.29) is 11.5 Å². The van der Waals surface area contributed by atoms with Crippen molar-refractivity contribution < 1.29 is 4.79 Å². The molecule has 10 heteroatoms. The Labute approximate surface area is 210 Å². The molecule has 0 atom stereocenters. The zero-order valence-corrected chi connectivity index (χ0v) is 20.8. The fraction of sp³-hybridized carbons (Fsp3) is 0.500. The summed E-state index contributed by atoms with van der Waals surface area (Å²) in [5.74, 6) is 1.20. The summed E-state index contributed by atoms with van der Waals surface area (Å²) >= 11 is 0. The molecule has 3 aromatic heterocycles. The van der Waals surface area contributed by atoms with Gasteiger partial charge in [0.15, 0.2) is 0 Å². The SMILES string of the molecule is C=CC(=O)N1CCN(CCn2c(=O)ccc3cnc(Nc4cnn(C5CCC(C)CC5)c4)nc32)CC1. The van der Waals surface area contributed by atoms with Crippen molar-refractivity contribution in [2.24, 2.45) is 5.92 Å². The van der Waals surface area contributed by atoms with Crippen LogP contribution in [0.1, 0.15) is 38.6 Å². The Bertz CT molecular complexity index is 1280. The van der Waals surface area contributed by atoms with E-state index in [0.29, 0.717) is 43.8 Å². The lowest BCUT2D eigenvalue weighted by atomic mass is 9.87. The molecule has 10 nitrogen and oxygen atoms in total. The van der Waals surface area contributed by atoms with E-state index in [4.69, 9.17) is 4.98 Å². The Kier molecular flexibility index (Phi) is 7.13. The minimum Gasteiger partial charge on any atom is -0.337 e. The van der Waals surface area contributed by atoms with Crippen molar-refractivity contribution in [2.75, 3.05) is 38.0 Å². The quantitative estimate of drug-likeness (QED) is 0.508. The number of amides is 1. The van der Waals surface area contributed by atoms with Crippen molar-refractivity contribution in [1.82, 2.24) is 34.1 Å². The maximum absolute atomic E-state index is 12.7. The highest BCUT2D eigenvalue weighted by Gasteiger charge is 2.21. The maximum Gasteiger partial charge on any atom is 0.252 e. The molecule has 4 heterocycles. The molecule has 2 aliphatic rings. The van der Waals surface area contributed by atoms with Gasteiger partial charge in [-0.1, -0.05) is 13.5 Å². The van der Waals surface area contributed by atoms with Crippen LogP contribution >= 0.6 is 0 Å². The Morgan fingerprint density at radius 1 is 1.11 bits per heavy atom. The first-order chi connectivity index (χ1) is 17.5. The van der Waals surface area contributed by atoms with Gasteiger partial charge in [0.25, 0.3) is 5.56 Å². The molecule has 5 rings (SSSR count). The van der Waals surface area contributed by atoms with Crippen LogP contribution in [0.4, 0.5) is 11.6 Å². The number of anilines is 2. The third-order valence-electron chi connectivity index (χ3n) is 7.44. The van der Waals surface area contributed by atoms with Crippen molar-refractivity contribution in [3.63, 3.8) is 0 Å². The molecule has 0 radical (unpaired) electrons. The number of carbonyl (C=O) groups is 1. The van der Waals surface area contributed by atoms with Crippen LogP contribution in [0.5, 0.6) is 0 Å². The van der Waals surface area contributed by atoms with Crippen LogP contribution in [0.25, 0.3) is 11.0 Å². The normalized spacial score (nSPS) is 21.0. The summed E-state index contributed by atoms with van der Waals surface area (Å²) in [7, 11) is 0. The smallest absolute Gasteiger partial charge is 0.252 e. The molecule has 0 spiro atoms. The van der Waals surface area contributed by atoms with E-state index in [1.807, 2.05) is 10.9 Å². The molecule has 3 aromatic rings. The predicted octanol–water partition coefficient (Wildman–Crippen LogP) is 2.81. The Morgan fingerprint density at radius 2 is 1.89 bits per heavy atom. The molecule has 1 saturated carbocycles. The number of fused-ring (bicyclic) bond motifs is 1. The second-order valence-corrected chi connectivity index (χ2v) is 9.91. The summed E-state index contributed by atoms with van der Waals surface area (Å²) in [5, 5.41) is 8.64. The summed E-state index contributed by atoms with van der Waals surface area (Å²) < 4.78 is 3.75. The van der Waals surface area contributed by atoms with Crippen LogP contribution in [0.15, 0.2) is 48.2 Å². The number of pyridine rings is 1. The van der Waals surface area contributed by atoms with Gasteiger partial charge in [0.2, 0.25) is 11.9 Å². The zero-order valence-electron chi connectivity index (χ0n) is 20.8. The molecular formula is C26H34N8O2. The van der Waals surface area contributed by atoms with E-state index >= 15 is 0 Å². The van der Waals surface area contributed by atoms with E-state index in [0.717, 1.165) is 42.9 Å². The summed E-state index contributed by atoms with van der Waals surface area (Å²) in [6, 6.07) is 3.77. The summed E-state index contributed by atoms with van der Waals surface area (Å²) in [5.41, 5.74) is 1.35. The molecule has 0 unspecified atom stereocenters. The van der Waals surface area contributed by atoms with Crippen molar-refractivity contribution in [3.8, 4) is 0 Å². The highest BCUT2D eigenvalue weighted by atomic mass is 16.2. The van der Waals surface area contributed by atoms with E-state index < -0.39 is 0 Å². The minimum atomic E-state index is -0.0908. The second-order valence-electron chi connectivity index (χ2n) is 9.91. The van der Waals surface area contributed by atoms with Crippen LogP contribution < -0.4 is 10.9 Å².